The quantitative estimate of drug-likeness (QED) is 0.815. The molecule has 1 aromatic rings. The van der Waals surface area contributed by atoms with Gasteiger partial charge in [-0.1, -0.05) is 23.7 Å². The summed E-state index contributed by atoms with van der Waals surface area (Å²) in [4.78, 5) is 0. The van der Waals surface area contributed by atoms with Gasteiger partial charge in [0.1, 0.15) is 5.75 Å². The van der Waals surface area contributed by atoms with Crippen LogP contribution in [0.1, 0.15) is 11.7 Å². The molecule has 1 unspecified atom stereocenters. The third-order valence-electron chi connectivity index (χ3n) is 1.61. The maximum absolute atomic E-state index is 12.2. The van der Waals surface area contributed by atoms with Crippen LogP contribution < -0.4 is 0 Å². The number of hydrogen-bond acceptors (Lipinski definition) is 3. The number of halogens is 2. The number of benzene rings is 1. The summed E-state index contributed by atoms with van der Waals surface area (Å²) in [5.41, 5.74) is 0.315. The lowest BCUT2D eigenvalue weighted by atomic mass is 10.1. The predicted molar refractivity (Wildman–Crippen MR) is 51.3 cm³/mol. The zero-order valence-corrected chi connectivity index (χ0v) is 8.59. The lowest BCUT2D eigenvalue weighted by molar-refractivity contribution is 0.200. The van der Waals surface area contributed by atoms with Gasteiger partial charge in [-0.2, -0.15) is 8.42 Å². The molecule has 0 aliphatic rings. The Morgan fingerprint density at radius 2 is 1.86 bits per heavy atom. The molecular weight excluding hydrogens is 231 g/mol. The van der Waals surface area contributed by atoms with Crippen LogP contribution in [0.2, 0.25) is 5.02 Å². The highest BCUT2D eigenvalue weighted by Gasteiger charge is 2.17. The van der Waals surface area contributed by atoms with E-state index in [1.807, 2.05) is 0 Å². The van der Waals surface area contributed by atoms with E-state index in [9.17, 15) is 17.4 Å². The first-order valence-corrected chi connectivity index (χ1v) is 5.67. The fourth-order valence-electron chi connectivity index (χ4n) is 0.970. The van der Waals surface area contributed by atoms with E-state index >= 15 is 0 Å². The van der Waals surface area contributed by atoms with Crippen LogP contribution >= 0.6 is 11.6 Å². The minimum Gasteiger partial charge on any atom is -0.387 e. The van der Waals surface area contributed by atoms with Crippen molar-refractivity contribution in [3.8, 4) is 0 Å². The molecule has 0 aromatic heterocycles. The van der Waals surface area contributed by atoms with Gasteiger partial charge in [-0.25, -0.2) is 0 Å². The first-order valence-electron chi connectivity index (χ1n) is 3.74. The lowest BCUT2D eigenvalue weighted by Crippen LogP contribution is -2.09. The maximum Gasteiger partial charge on any atom is 0.305 e. The molecule has 1 aromatic carbocycles. The molecule has 3 nitrogen and oxygen atoms in total. The highest BCUT2D eigenvalue weighted by molar-refractivity contribution is 7.86. The van der Waals surface area contributed by atoms with E-state index in [0.29, 0.717) is 10.6 Å². The topological polar surface area (TPSA) is 54.4 Å². The molecule has 0 aliphatic carbocycles. The van der Waals surface area contributed by atoms with Crippen LogP contribution in [0, 0.1) is 0 Å². The Hall–Kier alpha value is -0.650. The van der Waals surface area contributed by atoms with Gasteiger partial charge in [0.2, 0.25) is 0 Å². The molecule has 14 heavy (non-hydrogen) atoms. The summed E-state index contributed by atoms with van der Waals surface area (Å²) in [6, 6.07) is 5.87. The van der Waals surface area contributed by atoms with Crippen molar-refractivity contribution in [3.05, 3.63) is 34.9 Å². The first kappa shape index (κ1) is 11.4. The van der Waals surface area contributed by atoms with Gasteiger partial charge in [-0.05, 0) is 17.7 Å². The van der Waals surface area contributed by atoms with Gasteiger partial charge in [0.05, 0.1) is 6.10 Å². The van der Waals surface area contributed by atoms with Crippen LogP contribution in [-0.2, 0) is 10.2 Å². The van der Waals surface area contributed by atoms with Crippen LogP contribution in [0.4, 0.5) is 3.89 Å². The number of aliphatic hydroxyl groups is 1. The minimum atomic E-state index is -4.66. The molecule has 0 fully saturated rings. The van der Waals surface area contributed by atoms with Gasteiger partial charge in [0.15, 0.2) is 0 Å². The average Bonchev–Trinajstić information content (AvgIpc) is 2.02. The molecule has 0 radical (unpaired) electrons. The van der Waals surface area contributed by atoms with Crippen LogP contribution in [0.25, 0.3) is 0 Å². The van der Waals surface area contributed by atoms with Crippen molar-refractivity contribution in [1.29, 1.82) is 0 Å². The molecule has 6 heteroatoms. The SMILES string of the molecule is O=S(=O)(F)CC(O)c1ccc(Cl)cc1. The van der Waals surface area contributed by atoms with E-state index in [2.05, 4.69) is 0 Å². The summed E-state index contributed by atoms with van der Waals surface area (Å²) < 4.78 is 32.6. The van der Waals surface area contributed by atoms with Crippen LogP contribution in [0.15, 0.2) is 24.3 Å². The third kappa shape index (κ3) is 3.61. The molecule has 0 heterocycles. The van der Waals surface area contributed by atoms with E-state index in [4.69, 9.17) is 11.6 Å². The van der Waals surface area contributed by atoms with Gasteiger partial charge in [-0.15, -0.1) is 3.89 Å². The molecule has 0 amide bonds. The summed E-state index contributed by atoms with van der Waals surface area (Å²) >= 11 is 5.58. The van der Waals surface area contributed by atoms with Gasteiger partial charge in [0.25, 0.3) is 0 Å². The monoisotopic (exact) mass is 238 g/mol. The fourth-order valence-corrected chi connectivity index (χ4v) is 1.67. The average molecular weight is 239 g/mol. The Labute approximate surface area is 86.3 Å². The highest BCUT2D eigenvalue weighted by Crippen LogP contribution is 2.18. The molecule has 1 rings (SSSR count). The highest BCUT2D eigenvalue weighted by atomic mass is 35.5. The predicted octanol–water partition coefficient (Wildman–Crippen LogP) is 1.67. The second-order valence-electron chi connectivity index (χ2n) is 2.77. The number of aliphatic hydroxyl groups excluding tert-OH is 1. The minimum absolute atomic E-state index is 0.315. The molecule has 0 saturated carbocycles. The van der Waals surface area contributed by atoms with Crippen LogP contribution in [-0.4, -0.2) is 19.3 Å². The van der Waals surface area contributed by atoms with E-state index in [-0.39, 0.29) is 0 Å². The van der Waals surface area contributed by atoms with Crippen molar-refractivity contribution >= 4 is 21.8 Å². The normalized spacial score (nSPS) is 13.9. The van der Waals surface area contributed by atoms with E-state index < -0.39 is 22.1 Å². The van der Waals surface area contributed by atoms with Crippen molar-refractivity contribution in [2.75, 3.05) is 5.75 Å². The largest absolute Gasteiger partial charge is 0.387 e. The van der Waals surface area contributed by atoms with E-state index in [1.54, 1.807) is 0 Å². The Bertz CT molecular complexity index is 401. The molecule has 0 saturated heterocycles. The second kappa shape index (κ2) is 4.25. The third-order valence-corrected chi connectivity index (χ3v) is 2.58. The summed E-state index contributed by atoms with van der Waals surface area (Å²) in [7, 11) is -4.66. The summed E-state index contributed by atoms with van der Waals surface area (Å²) in [5.74, 6) is -0.936. The summed E-state index contributed by atoms with van der Waals surface area (Å²) in [6.45, 7) is 0. The van der Waals surface area contributed by atoms with Crippen molar-refractivity contribution < 1.29 is 17.4 Å². The number of hydrogen-bond donors (Lipinski definition) is 1. The van der Waals surface area contributed by atoms with Gasteiger partial charge < -0.3 is 5.11 Å². The lowest BCUT2D eigenvalue weighted by Gasteiger charge is -2.07. The Morgan fingerprint density at radius 1 is 1.36 bits per heavy atom. The zero-order valence-electron chi connectivity index (χ0n) is 7.02. The molecule has 0 aliphatic heterocycles. The molecular formula is C8H8ClFO3S. The Kier molecular flexibility index (Phi) is 3.47. The molecule has 78 valence electrons. The summed E-state index contributed by atoms with van der Waals surface area (Å²) in [5, 5.41) is 9.75. The first-order chi connectivity index (χ1) is 6.38. The van der Waals surface area contributed by atoms with Crippen LogP contribution in [0.5, 0.6) is 0 Å². The van der Waals surface area contributed by atoms with Gasteiger partial charge in [0, 0.05) is 5.02 Å². The van der Waals surface area contributed by atoms with Crippen molar-refractivity contribution in [2.24, 2.45) is 0 Å². The number of rotatable bonds is 3. The Balaban J connectivity index is 2.80. The standard InChI is InChI=1S/C8H8ClFO3S/c9-7-3-1-6(2-4-7)8(11)5-14(10,12)13/h1-4,8,11H,5H2. The van der Waals surface area contributed by atoms with Crippen LogP contribution in [0.3, 0.4) is 0 Å². The van der Waals surface area contributed by atoms with E-state index in [0.717, 1.165) is 0 Å². The second-order valence-corrected chi connectivity index (χ2v) is 4.62. The molecule has 0 bridgehead atoms. The van der Waals surface area contributed by atoms with Crippen molar-refractivity contribution in [3.63, 3.8) is 0 Å². The van der Waals surface area contributed by atoms with Gasteiger partial charge in [-0.3, -0.25) is 0 Å². The smallest absolute Gasteiger partial charge is 0.305 e. The van der Waals surface area contributed by atoms with E-state index in [1.165, 1.54) is 24.3 Å². The fraction of sp³-hybridized carbons (Fsp3) is 0.250. The van der Waals surface area contributed by atoms with Crippen molar-refractivity contribution in [1.82, 2.24) is 0 Å². The summed E-state index contributed by atoms with van der Waals surface area (Å²) in [6.07, 6.45) is -1.36. The molecule has 0 spiro atoms. The molecule has 1 N–H and O–H groups in total. The Morgan fingerprint density at radius 3 is 2.29 bits per heavy atom. The maximum atomic E-state index is 12.2. The zero-order chi connectivity index (χ0) is 10.8. The van der Waals surface area contributed by atoms with Crippen molar-refractivity contribution in [2.45, 2.75) is 6.10 Å². The molecule has 1 atom stereocenters. The van der Waals surface area contributed by atoms with Gasteiger partial charge >= 0.3 is 10.2 Å².